The summed E-state index contributed by atoms with van der Waals surface area (Å²) in [6.45, 7) is 3.07. The Morgan fingerprint density at radius 2 is 1.93 bits per heavy atom. The molecule has 0 fully saturated rings. The summed E-state index contributed by atoms with van der Waals surface area (Å²) < 4.78 is 24.2. The smallest absolute Gasteiger partial charge is 0.177 e. The zero-order valence-corrected chi connectivity index (χ0v) is 9.47. The lowest BCUT2D eigenvalue weighted by Crippen LogP contribution is -2.02. The monoisotopic (exact) mass is 215 g/mol. The summed E-state index contributed by atoms with van der Waals surface area (Å²) in [6, 6.07) is 0. The molecule has 14 heavy (non-hydrogen) atoms. The van der Waals surface area contributed by atoms with Crippen LogP contribution in [-0.4, -0.2) is 25.0 Å². The van der Waals surface area contributed by atoms with Crippen LogP contribution in [0.2, 0.25) is 0 Å². The normalized spacial score (nSPS) is 11.7. The van der Waals surface area contributed by atoms with Crippen molar-refractivity contribution in [1.29, 1.82) is 0 Å². The van der Waals surface area contributed by atoms with E-state index in [0.717, 1.165) is 6.26 Å². The van der Waals surface area contributed by atoms with Crippen molar-refractivity contribution in [3.05, 3.63) is 17.5 Å². The van der Waals surface area contributed by atoms with E-state index < -0.39 is 9.84 Å². The number of nitrogens with zero attached hydrogens (tertiary/aromatic N) is 1. The van der Waals surface area contributed by atoms with Gasteiger partial charge < -0.3 is 4.57 Å². The van der Waals surface area contributed by atoms with Gasteiger partial charge in [-0.1, -0.05) is 0 Å². The summed E-state index contributed by atoms with van der Waals surface area (Å²) in [5, 5.41) is 0. The van der Waals surface area contributed by atoms with Crippen LogP contribution in [0, 0.1) is 6.92 Å². The molecule has 1 heterocycles. The van der Waals surface area contributed by atoms with Crippen molar-refractivity contribution < 1.29 is 13.2 Å². The van der Waals surface area contributed by atoms with Crippen LogP contribution in [0.4, 0.5) is 0 Å². The van der Waals surface area contributed by atoms with Gasteiger partial charge in [0, 0.05) is 26.4 Å². The van der Waals surface area contributed by atoms with E-state index in [1.54, 1.807) is 18.5 Å². The topological polar surface area (TPSA) is 56.1 Å². The first-order chi connectivity index (χ1) is 6.25. The van der Waals surface area contributed by atoms with Crippen molar-refractivity contribution in [2.75, 3.05) is 6.26 Å². The molecule has 0 N–H and O–H groups in total. The summed E-state index contributed by atoms with van der Waals surface area (Å²) in [6.07, 6.45) is 2.61. The third kappa shape index (κ3) is 1.72. The van der Waals surface area contributed by atoms with E-state index in [1.807, 2.05) is 0 Å². The van der Waals surface area contributed by atoms with Gasteiger partial charge >= 0.3 is 0 Å². The van der Waals surface area contributed by atoms with Crippen molar-refractivity contribution >= 4 is 15.6 Å². The number of carbonyl (C=O) groups excluding carboxylic acids is 1. The van der Waals surface area contributed by atoms with Gasteiger partial charge in [-0.15, -0.1) is 0 Å². The molecule has 0 amide bonds. The largest absolute Gasteiger partial charge is 0.347 e. The van der Waals surface area contributed by atoms with Crippen LogP contribution >= 0.6 is 0 Å². The highest BCUT2D eigenvalue weighted by atomic mass is 32.2. The zero-order valence-electron chi connectivity index (χ0n) is 8.66. The molecule has 1 aromatic heterocycles. The Morgan fingerprint density at radius 3 is 2.14 bits per heavy atom. The number of aromatic nitrogens is 1. The number of carbonyl (C=O) groups is 1. The van der Waals surface area contributed by atoms with Gasteiger partial charge in [0.25, 0.3) is 0 Å². The maximum Gasteiger partial charge on any atom is 0.177 e. The maximum absolute atomic E-state index is 11.3. The summed E-state index contributed by atoms with van der Waals surface area (Å²) >= 11 is 0. The van der Waals surface area contributed by atoms with E-state index in [0.29, 0.717) is 11.3 Å². The van der Waals surface area contributed by atoms with Crippen molar-refractivity contribution in [2.24, 2.45) is 7.05 Å². The first kappa shape index (κ1) is 11.0. The van der Waals surface area contributed by atoms with Gasteiger partial charge in [-0.2, -0.15) is 0 Å². The van der Waals surface area contributed by atoms with E-state index in [1.165, 1.54) is 13.1 Å². The van der Waals surface area contributed by atoms with Crippen LogP contribution in [0.5, 0.6) is 0 Å². The molecule has 0 aliphatic heterocycles. The van der Waals surface area contributed by atoms with E-state index in [-0.39, 0.29) is 10.7 Å². The molecule has 5 heteroatoms. The standard InChI is InChI=1S/C9H13NO3S/c1-6-8(14(4,12)13)5-10(3)9(6)7(2)11/h5H,1-4H3. The third-order valence-electron chi connectivity index (χ3n) is 2.12. The highest BCUT2D eigenvalue weighted by Crippen LogP contribution is 2.20. The SMILES string of the molecule is CC(=O)c1c(C)c(S(C)(=O)=O)cn1C. The molecule has 0 unspecified atom stereocenters. The van der Waals surface area contributed by atoms with Gasteiger partial charge in [0.15, 0.2) is 15.6 Å². The summed E-state index contributed by atoms with van der Waals surface area (Å²) in [4.78, 5) is 11.4. The number of rotatable bonds is 2. The number of Topliss-reactive ketones (excluding diaryl/α,β-unsaturated/α-hetero) is 1. The fraction of sp³-hybridized carbons (Fsp3) is 0.444. The molecular weight excluding hydrogens is 202 g/mol. The fourth-order valence-corrected chi connectivity index (χ4v) is 2.61. The predicted molar refractivity (Wildman–Crippen MR) is 53.3 cm³/mol. The predicted octanol–water partition coefficient (Wildman–Crippen LogP) is 0.940. The molecule has 0 spiro atoms. The lowest BCUT2D eigenvalue weighted by Gasteiger charge is -1.98. The number of aryl methyl sites for hydroxylation is 1. The fourth-order valence-electron chi connectivity index (χ4n) is 1.60. The molecule has 78 valence electrons. The Balaban J connectivity index is 3.55. The molecule has 0 aliphatic carbocycles. The second-order valence-electron chi connectivity index (χ2n) is 3.41. The van der Waals surface area contributed by atoms with E-state index in [9.17, 15) is 13.2 Å². The molecule has 4 nitrogen and oxygen atoms in total. The number of hydrogen-bond donors (Lipinski definition) is 0. The van der Waals surface area contributed by atoms with Crippen LogP contribution in [0.15, 0.2) is 11.1 Å². The highest BCUT2D eigenvalue weighted by Gasteiger charge is 2.19. The lowest BCUT2D eigenvalue weighted by molar-refractivity contribution is 0.100. The highest BCUT2D eigenvalue weighted by molar-refractivity contribution is 7.90. The second kappa shape index (κ2) is 3.24. The molecule has 0 aliphatic rings. The molecule has 0 saturated carbocycles. The van der Waals surface area contributed by atoms with Gasteiger partial charge in [0.1, 0.15) is 0 Å². The number of sulfone groups is 1. The first-order valence-corrected chi connectivity index (χ1v) is 6.01. The minimum Gasteiger partial charge on any atom is -0.347 e. The molecule has 1 rings (SSSR count). The molecule has 0 radical (unpaired) electrons. The van der Waals surface area contributed by atoms with Crippen LogP contribution < -0.4 is 0 Å². The van der Waals surface area contributed by atoms with Gasteiger partial charge in [-0.3, -0.25) is 4.79 Å². The summed E-state index contributed by atoms with van der Waals surface area (Å²) in [5.41, 5.74) is 0.980. The molecule has 1 aromatic rings. The zero-order chi connectivity index (χ0) is 11.1. The Bertz CT molecular complexity index is 482. The maximum atomic E-state index is 11.3. The van der Waals surface area contributed by atoms with Gasteiger partial charge in [-0.25, -0.2) is 8.42 Å². The van der Waals surface area contributed by atoms with Crippen molar-refractivity contribution in [1.82, 2.24) is 4.57 Å². The first-order valence-electron chi connectivity index (χ1n) is 4.12. The van der Waals surface area contributed by atoms with Crippen molar-refractivity contribution in [3.63, 3.8) is 0 Å². The second-order valence-corrected chi connectivity index (χ2v) is 5.39. The number of ketones is 1. The Morgan fingerprint density at radius 1 is 1.43 bits per heavy atom. The average molecular weight is 215 g/mol. The number of hydrogen-bond acceptors (Lipinski definition) is 3. The van der Waals surface area contributed by atoms with Crippen LogP contribution in [0.1, 0.15) is 23.0 Å². The van der Waals surface area contributed by atoms with Crippen LogP contribution in [0.3, 0.4) is 0 Å². The minimum absolute atomic E-state index is 0.125. The van der Waals surface area contributed by atoms with E-state index >= 15 is 0 Å². The molecule has 0 aromatic carbocycles. The molecule has 0 saturated heterocycles. The van der Waals surface area contributed by atoms with Crippen LogP contribution in [0.25, 0.3) is 0 Å². The minimum atomic E-state index is -3.24. The third-order valence-corrected chi connectivity index (χ3v) is 3.33. The van der Waals surface area contributed by atoms with Crippen LogP contribution in [-0.2, 0) is 16.9 Å². The summed E-state index contributed by atoms with van der Waals surface area (Å²) in [5.74, 6) is -0.125. The Hall–Kier alpha value is -1.10. The van der Waals surface area contributed by atoms with Gasteiger partial charge in [0.05, 0.1) is 10.6 Å². The van der Waals surface area contributed by atoms with E-state index in [2.05, 4.69) is 0 Å². The Labute approximate surface area is 83.5 Å². The quantitative estimate of drug-likeness (QED) is 0.690. The van der Waals surface area contributed by atoms with Gasteiger partial charge in [-0.05, 0) is 12.5 Å². The molecule has 0 atom stereocenters. The molecular formula is C9H13NO3S. The average Bonchev–Trinajstić information content (AvgIpc) is 2.24. The van der Waals surface area contributed by atoms with Crippen molar-refractivity contribution in [2.45, 2.75) is 18.7 Å². The lowest BCUT2D eigenvalue weighted by atomic mass is 10.2. The Kier molecular flexibility index (Phi) is 2.54. The summed E-state index contributed by atoms with van der Waals surface area (Å²) in [7, 11) is -1.58. The van der Waals surface area contributed by atoms with Gasteiger partial charge in [0.2, 0.25) is 0 Å². The molecule has 0 bridgehead atoms. The van der Waals surface area contributed by atoms with E-state index in [4.69, 9.17) is 0 Å². The van der Waals surface area contributed by atoms with Crippen molar-refractivity contribution in [3.8, 4) is 0 Å².